The minimum Gasteiger partial charge on any atom is -0.508 e. The van der Waals surface area contributed by atoms with Crippen molar-refractivity contribution < 1.29 is 14.9 Å². The maximum absolute atomic E-state index is 9.73. The first-order valence-electron chi connectivity index (χ1n) is 5.30. The van der Waals surface area contributed by atoms with Crippen LogP contribution in [0.25, 0.3) is 0 Å². The Hall–Kier alpha value is -1.22. The first kappa shape index (κ1) is 10.3. The normalized spacial score (nSPS) is 26.5. The number of hydrogen-bond donors (Lipinski definition) is 2. The van der Waals surface area contributed by atoms with Crippen molar-refractivity contribution in [2.75, 3.05) is 6.61 Å². The molecular weight excluding hydrogens is 192 g/mol. The summed E-state index contributed by atoms with van der Waals surface area (Å²) in [5, 5.41) is 18.9. The van der Waals surface area contributed by atoms with Gasteiger partial charge >= 0.3 is 0 Å². The van der Waals surface area contributed by atoms with Crippen molar-refractivity contribution in [2.45, 2.75) is 31.8 Å². The van der Waals surface area contributed by atoms with E-state index in [0.29, 0.717) is 5.92 Å². The average Bonchev–Trinajstić information content (AvgIpc) is 2.17. The van der Waals surface area contributed by atoms with Gasteiger partial charge in [-0.25, -0.2) is 0 Å². The summed E-state index contributed by atoms with van der Waals surface area (Å²) in [6.45, 7) is 2.79. The molecule has 1 aromatic carbocycles. The van der Waals surface area contributed by atoms with Crippen molar-refractivity contribution in [3.05, 3.63) is 23.8 Å². The van der Waals surface area contributed by atoms with Crippen LogP contribution in [0.4, 0.5) is 0 Å². The summed E-state index contributed by atoms with van der Waals surface area (Å²) in [4.78, 5) is 0. The Morgan fingerprint density at radius 2 is 2.13 bits per heavy atom. The van der Waals surface area contributed by atoms with Gasteiger partial charge in [-0.15, -0.1) is 0 Å². The van der Waals surface area contributed by atoms with Crippen molar-refractivity contribution in [1.29, 1.82) is 0 Å². The smallest absolute Gasteiger partial charge is 0.122 e. The summed E-state index contributed by atoms with van der Waals surface area (Å²) >= 11 is 0. The van der Waals surface area contributed by atoms with E-state index in [2.05, 4.69) is 0 Å². The molecule has 0 spiro atoms. The van der Waals surface area contributed by atoms with Crippen LogP contribution in [-0.2, 0) is 4.74 Å². The molecule has 1 aliphatic heterocycles. The zero-order chi connectivity index (χ0) is 10.8. The number of phenols is 2. The third-order valence-electron chi connectivity index (χ3n) is 2.94. The van der Waals surface area contributed by atoms with Gasteiger partial charge in [-0.3, -0.25) is 0 Å². The first-order valence-corrected chi connectivity index (χ1v) is 5.30. The highest BCUT2D eigenvalue weighted by Crippen LogP contribution is 2.36. The Morgan fingerprint density at radius 3 is 2.80 bits per heavy atom. The molecule has 0 bridgehead atoms. The van der Waals surface area contributed by atoms with Gasteiger partial charge in [0.05, 0.1) is 6.10 Å². The van der Waals surface area contributed by atoms with E-state index in [-0.39, 0.29) is 17.6 Å². The van der Waals surface area contributed by atoms with Gasteiger partial charge in [0.15, 0.2) is 0 Å². The fourth-order valence-corrected chi connectivity index (χ4v) is 2.16. The predicted octanol–water partition coefficient (Wildman–Crippen LogP) is 2.38. The topological polar surface area (TPSA) is 49.7 Å². The zero-order valence-electron chi connectivity index (χ0n) is 8.81. The number of hydrogen-bond acceptors (Lipinski definition) is 3. The van der Waals surface area contributed by atoms with Gasteiger partial charge in [-0.05, 0) is 37.3 Å². The molecule has 2 atom stereocenters. The molecular formula is C12H16O3. The van der Waals surface area contributed by atoms with Crippen molar-refractivity contribution in [1.82, 2.24) is 0 Å². The molecule has 15 heavy (non-hydrogen) atoms. The second kappa shape index (κ2) is 4.11. The lowest BCUT2D eigenvalue weighted by molar-refractivity contribution is 0.0183. The molecule has 1 aromatic rings. The third kappa shape index (κ3) is 2.23. The molecule has 0 saturated carbocycles. The summed E-state index contributed by atoms with van der Waals surface area (Å²) in [6, 6.07) is 4.82. The maximum atomic E-state index is 9.73. The molecule has 1 heterocycles. The molecule has 82 valence electrons. The Balaban J connectivity index is 2.21. The van der Waals surface area contributed by atoms with Crippen LogP contribution in [0.15, 0.2) is 18.2 Å². The predicted molar refractivity (Wildman–Crippen MR) is 57.2 cm³/mol. The highest BCUT2D eigenvalue weighted by molar-refractivity contribution is 5.41. The Kier molecular flexibility index (Phi) is 2.82. The fraction of sp³-hybridized carbons (Fsp3) is 0.500. The summed E-state index contributed by atoms with van der Waals surface area (Å²) in [5.74, 6) is 0.639. The number of phenolic OH excluding ortho intramolecular Hbond substituents is 2. The lowest BCUT2D eigenvalue weighted by Gasteiger charge is -2.27. The first-order chi connectivity index (χ1) is 7.16. The van der Waals surface area contributed by atoms with E-state index in [0.717, 1.165) is 25.0 Å². The maximum Gasteiger partial charge on any atom is 0.122 e. The fourth-order valence-electron chi connectivity index (χ4n) is 2.16. The molecule has 0 aliphatic carbocycles. The minimum absolute atomic E-state index is 0.108. The molecule has 2 N–H and O–H groups in total. The molecule has 1 saturated heterocycles. The molecule has 2 rings (SSSR count). The van der Waals surface area contributed by atoms with Crippen LogP contribution in [0.1, 0.15) is 31.2 Å². The largest absolute Gasteiger partial charge is 0.508 e. The molecule has 0 amide bonds. The molecule has 0 aromatic heterocycles. The molecule has 2 unspecified atom stereocenters. The van der Waals surface area contributed by atoms with E-state index in [1.165, 1.54) is 6.07 Å². The van der Waals surface area contributed by atoms with Gasteiger partial charge in [-0.2, -0.15) is 0 Å². The molecule has 3 heteroatoms. The second-order valence-electron chi connectivity index (χ2n) is 4.15. The lowest BCUT2D eigenvalue weighted by Crippen LogP contribution is -2.21. The molecule has 0 radical (unpaired) electrons. The van der Waals surface area contributed by atoms with Crippen LogP contribution in [0.2, 0.25) is 0 Å². The van der Waals surface area contributed by atoms with Gasteiger partial charge < -0.3 is 14.9 Å². The van der Waals surface area contributed by atoms with E-state index in [1.54, 1.807) is 12.1 Å². The average molecular weight is 208 g/mol. The van der Waals surface area contributed by atoms with Crippen LogP contribution in [-0.4, -0.2) is 22.9 Å². The van der Waals surface area contributed by atoms with Crippen molar-refractivity contribution in [2.24, 2.45) is 0 Å². The van der Waals surface area contributed by atoms with Crippen LogP contribution in [0, 0.1) is 0 Å². The van der Waals surface area contributed by atoms with Gasteiger partial charge in [0.25, 0.3) is 0 Å². The van der Waals surface area contributed by atoms with Crippen molar-refractivity contribution >= 4 is 0 Å². The molecule has 3 nitrogen and oxygen atoms in total. The lowest BCUT2D eigenvalue weighted by atomic mass is 9.88. The Bertz CT molecular complexity index is 349. The number of benzene rings is 1. The Labute approximate surface area is 89.3 Å². The second-order valence-corrected chi connectivity index (χ2v) is 4.15. The van der Waals surface area contributed by atoms with Crippen LogP contribution in [0.3, 0.4) is 0 Å². The summed E-state index contributed by atoms with van der Waals surface area (Å²) in [5.41, 5.74) is 0.919. The minimum atomic E-state index is 0.108. The highest BCUT2D eigenvalue weighted by atomic mass is 16.5. The number of ether oxygens (including phenoxy) is 1. The van der Waals surface area contributed by atoms with Crippen LogP contribution in [0.5, 0.6) is 11.5 Å². The van der Waals surface area contributed by atoms with Crippen LogP contribution < -0.4 is 0 Å². The van der Waals surface area contributed by atoms with E-state index >= 15 is 0 Å². The standard InChI is InChI=1S/C12H16O3/c1-8-6-9(4-5-15-8)11-3-2-10(13)7-12(11)14/h2-3,7-9,13-14H,4-6H2,1H3. The Morgan fingerprint density at radius 1 is 1.33 bits per heavy atom. The van der Waals surface area contributed by atoms with Gasteiger partial charge in [0, 0.05) is 12.7 Å². The van der Waals surface area contributed by atoms with E-state index in [1.807, 2.05) is 6.92 Å². The van der Waals surface area contributed by atoms with Gasteiger partial charge in [-0.1, -0.05) is 6.07 Å². The van der Waals surface area contributed by atoms with Crippen LogP contribution >= 0.6 is 0 Å². The summed E-state index contributed by atoms with van der Waals surface area (Å²) in [7, 11) is 0. The quantitative estimate of drug-likeness (QED) is 0.745. The number of aromatic hydroxyl groups is 2. The molecule has 1 aliphatic rings. The summed E-state index contributed by atoms with van der Waals surface area (Å²) < 4.78 is 5.46. The van der Waals surface area contributed by atoms with E-state index < -0.39 is 0 Å². The SMILES string of the molecule is CC1CC(c2ccc(O)cc2O)CCO1. The highest BCUT2D eigenvalue weighted by Gasteiger charge is 2.23. The van der Waals surface area contributed by atoms with E-state index in [4.69, 9.17) is 4.74 Å². The summed E-state index contributed by atoms with van der Waals surface area (Å²) in [6.07, 6.45) is 2.11. The van der Waals surface area contributed by atoms with E-state index in [9.17, 15) is 10.2 Å². The molecule has 1 fully saturated rings. The van der Waals surface area contributed by atoms with Crippen molar-refractivity contribution in [3.8, 4) is 11.5 Å². The monoisotopic (exact) mass is 208 g/mol. The van der Waals surface area contributed by atoms with Gasteiger partial charge in [0.1, 0.15) is 11.5 Å². The number of rotatable bonds is 1. The zero-order valence-corrected chi connectivity index (χ0v) is 8.81. The third-order valence-corrected chi connectivity index (χ3v) is 2.94. The van der Waals surface area contributed by atoms with Gasteiger partial charge in [0.2, 0.25) is 0 Å². The van der Waals surface area contributed by atoms with Crippen molar-refractivity contribution in [3.63, 3.8) is 0 Å².